The molecule has 1 aromatic rings. The molecule has 7 heteroatoms. The maximum atomic E-state index is 12.6. The van der Waals surface area contributed by atoms with Crippen molar-refractivity contribution in [2.75, 3.05) is 19.0 Å². The fourth-order valence-electron chi connectivity index (χ4n) is 2.76. The van der Waals surface area contributed by atoms with E-state index in [1.54, 1.807) is 15.2 Å². The van der Waals surface area contributed by atoms with Crippen LogP contribution in [0.1, 0.15) is 33.1 Å². The number of rotatable bonds is 6. The van der Waals surface area contributed by atoms with Crippen molar-refractivity contribution in [3.63, 3.8) is 0 Å². The lowest BCUT2D eigenvalue weighted by atomic mass is 9.82. The van der Waals surface area contributed by atoms with Gasteiger partial charge in [0.05, 0.1) is 12.7 Å². The SMILES string of the molecule is CCC1(CC)CCN(S(=O)(=O)c2cnn(CCCl)c2)C1. The molecular weight excluding hydrogens is 298 g/mol. The largest absolute Gasteiger partial charge is 0.270 e. The molecule has 1 saturated heterocycles. The Balaban J connectivity index is 2.19. The van der Waals surface area contributed by atoms with Crippen LogP contribution < -0.4 is 0 Å². The first-order valence-electron chi connectivity index (χ1n) is 7.06. The third kappa shape index (κ3) is 2.87. The number of aryl methyl sites for hydroxylation is 1. The van der Waals surface area contributed by atoms with E-state index < -0.39 is 10.0 Å². The monoisotopic (exact) mass is 319 g/mol. The molecule has 1 aromatic heterocycles. The number of hydrogen-bond donors (Lipinski definition) is 0. The minimum atomic E-state index is -3.42. The van der Waals surface area contributed by atoms with Crippen molar-refractivity contribution >= 4 is 21.6 Å². The van der Waals surface area contributed by atoms with Gasteiger partial charge in [0.1, 0.15) is 4.90 Å². The van der Waals surface area contributed by atoms with E-state index in [0.717, 1.165) is 19.3 Å². The van der Waals surface area contributed by atoms with Crippen LogP contribution in [0.15, 0.2) is 17.3 Å². The van der Waals surface area contributed by atoms with Gasteiger partial charge in [-0.15, -0.1) is 11.6 Å². The van der Waals surface area contributed by atoms with Crippen molar-refractivity contribution in [1.29, 1.82) is 0 Å². The van der Waals surface area contributed by atoms with Crippen molar-refractivity contribution in [3.8, 4) is 0 Å². The molecule has 0 bridgehead atoms. The van der Waals surface area contributed by atoms with Gasteiger partial charge < -0.3 is 0 Å². The van der Waals surface area contributed by atoms with E-state index in [0.29, 0.717) is 25.5 Å². The average Bonchev–Trinajstić information content (AvgIpc) is 3.06. The highest BCUT2D eigenvalue weighted by Crippen LogP contribution is 2.39. The Morgan fingerprint density at radius 1 is 1.40 bits per heavy atom. The summed E-state index contributed by atoms with van der Waals surface area (Å²) in [6.07, 6.45) is 5.95. The molecule has 0 saturated carbocycles. The van der Waals surface area contributed by atoms with E-state index in [2.05, 4.69) is 18.9 Å². The molecule has 0 radical (unpaired) electrons. The minimum absolute atomic E-state index is 0.138. The molecule has 0 unspecified atom stereocenters. The van der Waals surface area contributed by atoms with Gasteiger partial charge in [-0.1, -0.05) is 13.8 Å². The summed E-state index contributed by atoms with van der Waals surface area (Å²) in [6, 6.07) is 0. The zero-order chi connectivity index (χ0) is 14.8. The van der Waals surface area contributed by atoms with Crippen molar-refractivity contribution < 1.29 is 8.42 Å². The summed E-state index contributed by atoms with van der Waals surface area (Å²) in [7, 11) is -3.42. The molecule has 114 valence electrons. The lowest BCUT2D eigenvalue weighted by molar-refractivity contribution is 0.279. The van der Waals surface area contributed by atoms with Crippen LogP contribution >= 0.6 is 11.6 Å². The van der Waals surface area contributed by atoms with Crippen molar-refractivity contribution in [3.05, 3.63) is 12.4 Å². The smallest absolute Gasteiger partial charge is 0.246 e. The van der Waals surface area contributed by atoms with Crippen molar-refractivity contribution in [2.45, 2.75) is 44.6 Å². The summed E-state index contributed by atoms with van der Waals surface area (Å²) in [5, 5.41) is 4.05. The van der Waals surface area contributed by atoms with Gasteiger partial charge in [0.2, 0.25) is 10.0 Å². The van der Waals surface area contributed by atoms with Crippen LogP contribution in [0, 0.1) is 5.41 Å². The molecule has 2 rings (SSSR count). The summed E-state index contributed by atoms with van der Waals surface area (Å²) in [6.45, 7) is 6.01. The predicted molar refractivity (Wildman–Crippen MR) is 79.3 cm³/mol. The molecule has 0 atom stereocenters. The molecule has 2 heterocycles. The number of alkyl halides is 1. The highest BCUT2D eigenvalue weighted by molar-refractivity contribution is 7.89. The molecular formula is C13H22ClN3O2S. The predicted octanol–water partition coefficient (Wildman–Crippen LogP) is 2.32. The zero-order valence-electron chi connectivity index (χ0n) is 12.0. The average molecular weight is 320 g/mol. The maximum Gasteiger partial charge on any atom is 0.246 e. The fourth-order valence-corrected chi connectivity index (χ4v) is 4.44. The van der Waals surface area contributed by atoms with Gasteiger partial charge in [0.15, 0.2) is 0 Å². The number of halogens is 1. The highest BCUT2D eigenvalue weighted by Gasteiger charge is 2.40. The molecule has 5 nitrogen and oxygen atoms in total. The second kappa shape index (κ2) is 6.03. The normalized spacial score (nSPS) is 19.6. The summed E-state index contributed by atoms with van der Waals surface area (Å²) in [5.74, 6) is 0.416. The van der Waals surface area contributed by atoms with Crippen LogP contribution in [0.4, 0.5) is 0 Å². The Labute approximate surface area is 126 Å². The fraction of sp³-hybridized carbons (Fsp3) is 0.769. The minimum Gasteiger partial charge on any atom is -0.270 e. The Bertz CT molecular complexity index is 552. The van der Waals surface area contributed by atoms with E-state index in [1.807, 2.05) is 0 Å². The first-order valence-corrected chi connectivity index (χ1v) is 9.03. The molecule has 1 aliphatic heterocycles. The molecule has 0 spiro atoms. The maximum absolute atomic E-state index is 12.6. The van der Waals surface area contributed by atoms with Crippen LogP contribution in [0.25, 0.3) is 0 Å². The number of aromatic nitrogens is 2. The van der Waals surface area contributed by atoms with Gasteiger partial charge in [-0.25, -0.2) is 8.42 Å². The molecule has 20 heavy (non-hydrogen) atoms. The van der Waals surface area contributed by atoms with E-state index >= 15 is 0 Å². The Hall–Kier alpha value is -0.590. The van der Waals surface area contributed by atoms with E-state index in [1.165, 1.54) is 6.20 Å². The van der Waals surface area contributed by atoms with E-state index in [-0.39, 0.29) is 10.3 Å². The molecule has 0 N–H and O–H groups in total. The Morgan fingerprint density at radius 3 is 2.65 bits per heavy atom. The molecule has 0 aliphatic carbocycles. The molecule has 0 aromatic carbocycles. The second-order valence-corrected chi connectivity index (χ2v) is 7.74. The third-order valence-corrected chi connectivity index (χ3v) is 6.43. The van der Waals surface area contributed by atoms with Crippen LogP contribution in [0.5, 0.6) is 0 Å². The van der Waals surface area contributed by atoms with E-state index in [4.69, 9.17) is 11.6 Å². The zero-order valence-corrected chi connectivity index (χ0v) is 13.6. The number of nitrogens with zero attached hydrogens (tertiary/aromatic N) is 3. The second-order valence-electron chi connectivity index (χ2n) is 5.42. The first-order chi connectivity index (χ1) is 9.47. The summed E-state index contributed by atoms with van der Waals surface area (Å²) in [4.78, 5) is 0.269. The number of sulfonamides is 1. The third-order valence-electron chi connectivity index (χ3n) is 4.46. The van der Waals surface area contributed by atoms with Crippen LogP contribution in [-0.4, -0.2) is 41.5 Å². The van der Waals surface area contributed by atoms with Crippen LogP contribution in [0.2, 0.25) is 0 Å². The van der Waals surface area contributed by atoms with Crippen LogP contribution in [0.3, 0.4) is 0 Å². The van der Waals surface area contributed by atoms with Gasteiger partial charge >= 0.3 is 0 Å². The van der Waals surface area contributed by atoms with Gasteiger partial charge in [-0.05, 0) is 24.7 Å². The Kier molecular flexibility index (Phi) is 4.76. The lowest BCUT2D eigenvalue weighted by Crippen LogP contribution is -2.31. The van der Waals surface area contributed by atoms with Gasteiger partial charge in [0, 0.05) is 25.2 Å². The molecule has 0 amide bonds. The van der Waals surface area contributed by atoms with Gasteiger partial charge in [-0.2, -0.15) is 9.40 Å². The molecule has 1 fully saturated rings. The summed E-state index contributed by atoms with van der Waals surface area (Å²) < 4.78 is 28.4. The first kappa shape index (κ1) is 15.8. The quantitative estimate of drug-likeness (QED) is 0.756. The lowest BCUT2D eigenvalue weighted by Gasteiger charge is -2.26. The van der Waals surface area contributed by atoms with Gasteiger partial charge in [0.25, 0.3) is 0 Å². The summed E-state index contributed by atoms with van der Waals surface area (Å²) >= 11 is 5.64. The van der Waals surface area contributed by atoms with Crippen molar-refractivity contribution in [2.24, 2.45) is 5.41 Å². The topological polar surface area (TPSA) is 55.2 Å². The standard InChI is InChI=1S/C13H22ClN3O2S/c1-3-13(4-2)5-7-17(11-13)20(18,19)12-9-15-16(10-12)8-6-14/h9-10H,3-8,11H2,1-2H3. The summed E-state index contributed by atoms with van der Waals surface area (Å²) in [5.41, 5.74) is 0.138. The molecule has 1 aliphatic rings. The van der Waals surface area contributed by atoms with Crippen LogP contribution in [-0.2, 0) is 16.6 Å². The highest BCUT2D eigenvalue weighted by atomic mass is 35.5. The van der Waals surface area contributed by atoms with Gasteiger partial charge in [-0.3, -0.25) is 4.68 Å². The van der Waals surface area contributed by atoms with E-state index in [9.17, 15) is 8.42 Å². The van der Waals surface area contributed by atoms with Crippen molar-refractivity contribution in [1.82, 2.24) is 14.1 Å². The Morgan fingerprint density at radius 2 is 2.10 bits per heavy atom. The number of hydrogen-bond acceptors (Lipinski definition) is 3.